The van der Waals surface area contributed by atoms with E-state index in [9.17, 15) is 10.1 Å². The molecule has 2 rings (SSSR count). The maximum Gasteiger partial charge on any atom is 0.269 e. The van der Waals surface area contributed by atoms with Gasteiger partial charge in [0.2, 0.25) is 0 Å². The first kappa shape index (κ1) is 13.9. The molecule has 1 aromatic heterocycles. The Morgan fingerprint density at radius 2 is 2.35 bits per heavy atom. The molecule has 1 heterocycles. The topological polar surface area (TPSA) is 93.6 Å². The Bertz CT molecular complexity index is 679. The van der Waals surface area contributed by atoms with Crippen LogP contribution < -0.4 is 5.32 Å². The van der Waals surface area contributed by atoms with Gasteiger partial charge in [0.25, 0.3) is 5.69 Å². The SMILES string of the molecule is Cc1cc(NC(N=C=S)c2cccc([N+](=O)[O-])c2)no1. The number of anilines is 1. The van der Waals surface area contributed by atoms with Crippen LogP contribution in [0.3, 0.4) is 0 Å². The summed E-state index contributed by atoms with van der Waals surface area (Å²) in [6.45, 7) is 1.75. The molecule has 0 aliphatic heterocycles. The monoisotopic (exact) mass is 290 g/mol. The zero-order chi connectivity index (χ0) is 14.5. The second-order valence-electron chi connectivity index (χ2n) is 3.94. The van der Waals surface area contributed by atoms with E-state index >= 15 is 0 Å². The second-order valence-corrected chi connectivity index (χ2v) is 4.12. The lowest BCUT2D eigenvalue weighted by Gasteiger charge is -2.12. The highest BCUT2D eigenvalue weighted by Gasteiger charge is 2.15. The van der Waals surface area contributed by atoms with Crippen molar-refractivity contribution in [1.82, 2.24) is 5.16 Å². The third-order valence-corrected chi connectivity index (χ3v) is 2.60. The smallest absolute Gasteiger partial charge is 0.269 e. The molecule has 2 aromatic rings. The highest BCUT2D eigenvalue weighted by Crippen LogP contribution is 2.23. The highest BCUT2D eigenvalue weighted by molar-refractivity contribution is 7.78. The lowest BCUT2D eigenvalue weighted by molar-refractivity contribution is -0.384. The van der Waals surface area contributed by atoms with E-state index in [1.54, 1.807) is 25.1 Å². The summed E-state index contributed by atoms with van der Waals surface area (Å²) in [6.07, 6.45) is -0.614. The van der Waals surface area contributed by atoms with Gasteiger partial charge in [-0.3, -0.25) is 10.1 Å². The van der Waals surface area contributed by atoms with Gasteiger partial charge < -0.3 is 9.84 Å². The molecule has 1 aromatic carbocycles. The van der Waals surface area contributed by atoms with Crippen LogP contribution in [0.1, 0.15) is 17.5 Å². The first-order valence-corrected chi connectivity index (χ1v) is 6.02. The summed E-state index contributed by atoms with van der Waals surface area (Å²) in [5, 5.41) is 19.8. The molecule has 0 amide bonds. The number of nitrogens with zero attached hydrogens (tertiary/aromatic N) is 3. The zero-order valence-electron chi connectivity index (χ0n) is 10.4. The van der Waals surface area contributed by atoms with Crippen LogP contribution >= 0.6 is 12.2 Å². The van der Waals surface area contributed by atoms with Gasteiger partial charge >= 0.3 is 0 Å². The number of rotatable bonds is 5. The number of nitro benzene ring substituents is 1. The van der Waals surface area contributed by atoms with Crippen LogP contribution in [0, 0.1) is 17.0 Å². The molecule has 0 spiro atoms. The van der Waals surface area contributed by atoms with E-state index in [1.807, 2.05) is 0 Å². The lowest BCUT2D eigenvalue weighted by Crippen LogP contribution is -2.08. The van der Waals surface area contributed by atoms with Crippen LogP contribution in [0.2, 0.25) is 0 Å². The van der Waals surface area contributed by atoms with Crippen molar-refractivity contribution >= 4 is 28.9 Å². The summed E-state index contributed by atoms with van der Waals surface area (Å²) in [7, 11) is 0. The fraction of sp³-hybridized carbons (Fsp3) is 0.167. The third kappa shape index (κ3) is 3.25. The third-order valence-electron chi connectivity index (χ3n) is 2.49. The number of isothiocyanates is 1. The minimum atomic E-state index is -0.614. The van der Waals surface area contributed by atoms with E-state index < -0.39 is 11.1 Å². The predicted octanol–water partition coefficient (Wildman–Crippen LogP) is 3.10. The number of hydrogen-bond acceptors (Lipinski definition) is 7. The number of aromatic nitrogens is 1. The Morgan fingerprint density at radius 1 is 1.55 bits per heavy atom. The van der Waals surface area contributed by atoms with Gasteiger partial charge in [-0.25, -0.2) is 4.99 Å². The molecule has 0 aliphatic rings. The summed E-state index contributed by atoms with van der Waals surface area (Å²) >= 11 is 4.60. The minimum absolute atomic E-state index is 0.0230. The van der Waals surface area contributed by atoms with Gasteiger partial charge in [0.05, 0.1) is 10.1 Å². The van der Waals surface area contributed by atoms with Crippen LogP contribution in [0.5, 0.6) is 0 Å². The molecule has 0 fully saturated rings. The molecule has 7 nitrogen and oxygen atoms in total. The Morgan fingerprint density at radius 3 is 2.95 bits per heavy atom. The average molecular weight is 290 g/mol. The molecule has 0 bridgehead atoms. The summed E-state index contributed by atoms with van der Waals surface area (Å²) in [5.74, 6) is 1.10. The van der Waals surface area contributed by atoms with E-state index in [0.29, 0.717) is 17.1 Å². The standard InChI is InChI=1S/C12H10N4O3S/c1-8-5-11(15-19-8)14-12(13-7-20)9-3-2-4-10(6-9)16(17)18/h2-6,12H,1H3,(H,14,15). The molecule has 1 atom stereocenters. The van der Waals surface area contributed by atoms with Crippen molar-refractivity contribution < 1.29 is 9.45 Å². The minimum Gasteiger partial charge on any atom is -0.360 e. The van der Waals surface area contributed by atoms with Crippen molar-refractivity contribution in [3.05, 3.63) is 51.8 Å². The average Bonchev–Trinajstić information content (AvgIpc) is 2.84. The molecule has 1 N–H and O–H groups in total. The molecule has 1 unspecified atom stereocenters. The van der Waals surface area contributed by atoms with E-state index in [0.717, 1.165) is 0 Å². The van der Waals surface area contributed by atoms with E-state index in [-0.39, 0.29) is 5.69 Å². The van der Waals surface area contributed by atoms with E-state index in [1.165, 1.54) is 12.1 Å². The van der Waals surface area contributed by atoms with Crippen LogP contribution in [-0.4, -0.2) is 15.2 Å². The van der Waals surface area contributed by atoms with Crippen molar-refractivity contribution in [1.29, 1.82) is 0 Å². The summed E-state index contributed by atoms with van der Waals surface area (Å²) in [4.78, 5) is 14.3. The number of nitrogens with one attached hydrogen (secondary N) is 1. The lowest BCUT2D eigenvalue weighted by atomic mass is 10.1. The normalized spacial score (nSPS) is 11.4. The summed E-state index contributed by atoms with van der Waals surface area (Å²) in [6, 6.07) is 7.79. The molecule has 0 radical (unpaired) electrons. The Kier molecular flexibility index (Phi) is 4.19. The Hall–Kier alpha value is -2.57. The number of benzene rings is 1. The van der Waals surface area contributed by atoms with Crippen LogP contribution in [-0.2, 0) is 0 Å². The van der Waals surface area contributed by atoms with Crippen molar-refractivity contribution in [2.24, 2.45) is 4.99 Å². The summed E-state index contributed by atoms with van der Waals surface area (Å²) < 4.78 is 4.93. The molecule has 0 saturated heterocycles. The largest absolute Gasteiger partial charge is 0.360 e. The molecular formula is C12H10N4O3S. The van der Waals surface area contributed by atoms with Gasteiger partial charge in [-0.2, -0.15) is 0 Å². The molecule has 102 valence electrons. The van der Waals surface area contributed by atoms with Crippen molar-refractivity contribution in [3.8, 4) is 0 Å². The molecule has 0 aliphatic carbocycles. The Balaban J connectivity index is 2.30. The van der Waals surface area contributed by atoms with Crippen LogP contribution in [0.4, 0.5) is 11.5 Å². The Labute approximate surface area is 119 Å². The number of aryl methyl sites for hydroxylation is 1. The van der Waals surface area contributed by atoms with Crippen molar-refractivity contribution in [2.75, 3.05) is 5.32 Å². The number of hydrogen-bond donors (Lipinski definition) is 1. The first-order valence-electron chi connectivity index (χ1n) is 5.61. The first-order chi connectivity index (χ1) is 9.60. The van der Waals surface area contributed by atoms with Gasteiger partial charge in [-0.15, -0.1) is 0 Å². The fourth-order valence-electron chi connectivity index (χ4n) is 1.63. The zero-order valence-corrected chi connectivity index (χ0v) is 11.3. The van der Waals surface area contributed by atoms with Gasteiger partial charge in [0, 0.05) is 23.8 Å². The highest BCUT2D eigenvalue weighted by atomic mass is 32.1. The number of thiocarbonyl (C=S) groups is 1. The number of non-ortho nitro benzene ring substituents is 1. The fourth-order valence-corrected chi connectivity index (χ4v) is 1.73. The van der Waals surface area contributed by atoms with Crippen LogP contribution in [0.25, 0.3) is 0 Å². The maximum absolute atomic E-state index is 10.8. The molecule has 8 heteroatoms. The van der Waals surface area contributed by atoms with Gasteiger partial charge in [-0.1, -0.05) is 17.3 Å². The van der Waals surface area contributed by atoms with Gasteiger partial charge in [-0.05, 0) is 19.1 Å². The van der Waals surface area contributed by atoms with Crippen molar-refractivity contribution in [3.63, 3.8) is 0 Å². The number of nitro groups is 1. The number of aliphatic imine (C=N–C) groups is 1. The van der Waals surface area contributed by atoms with Crippen LogP contribution in [0.15, 0.2) is 39.8 Å². The van der Waals surface area contributed by atoms with E-state index in [4.69, 9.17) is 4.52 Å². The van der Waals surface area contributed by atoms with Gasteiger partial charge in [0.1, 0.15) is 5.76 Å². The molecule has 0 saturated carbocycles. The molecule has 20 heavy (non-hydrogen) atoms. The second kappa shape index (κ2) is 6.05. The van der Waals surface area contributed by atoms with Crippen molar-refractivity contribution in [2.45, 2.75) is 13.1 Å². The van der Waals surface area contributed by atoms with Gasteiger partial charge in [0.15, 0.2) is 12.0 Å². The van der Waals surface area contributed by atoms with E-state index in [2.05, 4.69) is 32.8 Å². The quantitative estimate of drug-likeness (QED) is 0.393. The predicted molar refractivity (Wildman–Crippen MR) is 75.7 cm³/mol. The molecular weight excluding hydrogens is 280 g/mol. The summed E-state index contributed by atoms with van der Waals surface area (Å²) in [5.41, 5.74) is 0.558. The maximum atomic E-state index is 10.8.